The van der Waals surface area contributed by atoms with E-state index in [-0.39, 0.29) is 0 Å². The molecule has 140 valence electrons. The molecule has 1 aliphatic rings. The van der Waals surface area contributed by atoms with Gasteiger partial charge in [0.05, 0.1) is 17.8 Å². The van der Waals surface area contributed by atoms with Gasteiger partial charge in [-0.1, -0.05) is 0 Å². The minimum Gasteiger partial charge on any atom is -0.384 e. The van der Waals surface area contributed by atoms with E-state index in [1.807, 2.05) is 12.1 Å². The highest BCUT2D eigenvalue weighted by Gasteiger charge is 2.23. The molecule has 0 fully saturated rings. The molecule has 3 aromatic heterocycles. The Morgan fingerprint density at radius 2 is 1.96 bits per heavy atom. The molecule has 0 saturated heterocycles. The van der Waals surface area contributed by atoms with Crippen LogP contribution in [0.1, 0.15) is 16.1 Å². The zero-order chi connectivity index (χ0) is 19.3. The van der Waals surface area contributed by atoms with Crippen LogP contribution in [0.5, 0.6) is 0 Å². The van der Waals surface area contributed by atoms with Gasteiger partial charge in [0, 0.05) is 35.0 Å². The zero-order valence-electron chi connectivity index (χ0n) is 15.4. The van der Waals surface area contributed by atoms with E-state index in [4.69, 9.17) is 11.5 Å². The Morgan fingerprint density at radius 3 is 2.79 bits per heavy atom. The fourth-order valence-electron chi connectivity index (χ4n) is 3.72. The summed E-state index contributed by atoms with van der Waals surface area (Å²) >= 11 is 1.56. The smallest absolute Gasteiger partial charge is 0.180 e. The minimum atomic E-state index is 0.512. The molecule has 0 amide bonds. The van der Waals surface area contributed by atoms with Crippen LogP contribution in [-0.4, -0.2) is 26.5 Å². The minimum absolute atomic E-state index is 0.512. The Morgan fingerprint density at radius 1 is 1.07 bits per heavy atom. The van der Waals surface area contributed by atoms with Gasteiger partial charge in [0.15, 0.2) is 5.13 Å². The molecule has 0 spiro atoms. The molecule has 4 heterocycles. The second-order valence-electron chi connectivity index (χ2n) is 6.95. The first-order valence-electron chi connectivity index (χ1n) is 9.05. The molecule has 0 saturated carbocycles. The number of fused-ring (bicyclic) bond motifs is 2. The third-order valence-corrected chi connectivity index (χ3v) is 5.99. The van der Waals surface area contributed by atoms with Crippen molar-refractivity contribution in [1.82, 2.24) is 19.9 Å². The summed E-state index contributed by atoms with van der Waals surface area (Å²) in [5, 5.41) is 1.67. The fraction of sp³-hybridized carbons (Fsp3) is 0.200. The summed E-state index contributed by atoms with van der Waals surface area (Å²) in [6, 6.07) is 8.07. The second kappa shape index (κ2) is 6.42. The van der Waals surface area contributed by atoms with E-state index in [1.54, 1.807) is 23.9 Å². The summed E-state index contributed by atoms with van der Waals surface area (Å²) in [7, 11) is 0. The molecule has 0 aliphatic carbocycles. The molecule has 5 rings (SSSR count). The lowest BCUT2D eigenvalue weighted by atomic mass is 10.0. The molecular formula is C20H19N7S. The number of nitrogen functional groups attached to an aromatic ring is 2. The van der Waals surface area contributed by atoms with E-state index in [0.29, 0.717) is 10.9 Å². The van der Waals surface area contributed by atoms with Gasteiger partial charge < -0.3 is 16.4 Å². The Bertz CT molecular complexity index is 1180. The number of aryl methyl sites for hydroxylation is 1. The molecule has 7 nitrogen and oxygen atoms in total. The van der Waals surface area contributed by atoms with E-state index >= 15 is 0 Å². The van der Waals surface area contributed by atoms with Gasteiger partial charge >= 0.3 is 0 Å². The molecule has 0 bridgehead atoms. The monoisotopic (exact) mass is 389 g/mol. The average Bonchev–Trinajstić information content (AvgIpc) is 3.07. The summed E-state index contributed by atoms with van der Waals surface area (Å²) < 4.78 is 0. The van der Waals surface area contributed by atoms with Crippen LogP contribution in [0.2, 0.25) is 0 Å². The summed E-state index contributed by atoms with van der Waals surface area (Å²) in [6.45, 7) is 3.70. The summed E-state index contributed by atoms with van der Waals surface area (Å²) in [5.74, 6) is 1.45. The van der Waals surface area contributed by atoms with Crippen molar-refractivity contribution in [3.8, 4) is 11.1 Å². The van der Waals surface area contributed by atoms with Crippen molar-refractivity contribution in [3.63, 3.8) is 0 Å². The number of nitrogens with zero attached hydrogens (tertiary/aromatic N) is 5. The first kappa shape index (κ1) is 16.9. The van der Waals surface area contributed by atoms with Crippen molar-refractivity contribution in [2.24, 2.45) is 0 Å². The molecule has 1 aromatic carbocycles. The van der Waals surface area contributed by atoms with Gasteiger partial charge in [-0.05, 0) is 42.3 Å². The van der Waals surface area contributed by atoms with Crippen LogP contribution in [0.3, 0.4) is 0 Å². The maximum absolute atomic E-state index is 5.90. The standard InChI is InChI=1S/C20H19N7S/c1-11-6-13(12-2-3-17(21)23-8-12)7-14-18(11)24-10-25-19(14)27-5-4-15-16(9-27)28-20(22)26-15/h2-3,6-8,10H,4-5,9H2,1H3,(H2,21,23)(H2,22,26). The van der Waals surface area contributed by atoms with Gasteiger partial charge in [-0.15, -0.1) is 11.3 Å². The highest BCUT2D eigenvalue weighted by atomic mass is 32.1. The lowest BCUT2D eigenvalue weighted by molar-refractivity contribution is 0.721. The molecule has 28 heavy (non-hydrogen) atoms. The lowest BCUT2D eigenvalue weighted by Crippen LogP contribution is -2.30. The molecule has 0 atom stereocenters. The van der Waals surface area contributed by atoms with Crippen LogP contribution in [0.25, 0.3) is 22.0 Å². The SMILES string of the molecule is Cc1cc(-c2ccc(N)nc2)cc2c(N3CCc4nc(N)sc4C3)ncnc12. The van der Waals surface area contributed by atoms with E-state index < -0.39 is 0 Å². The van der Waals surface area contributed by atoms with E-state index in [0.717, 1.165) is 58.6 Å². The van der Waals surface area contributed by atoms with Gasteiger partial charge in [0.1, 0.15) is 18.0 Å². The lowest BCUT2D eigenvalue weighted by Gasteiger charge is -2.28. The van der Waals surface area contributed by atoms with Crippen molar-refractivity contribution in [2.45, 2.75) is 19.9 Å². The number of anilines is 3. The van der Waals surface area contributed by atoms with Gasteiger partial charge in [-0.2, -0.15) is 0 Å². The van der Waals surface area contributed by atoms with E-state index in [9.17, 15) is 0 Å². The third-order valence-electron chi connectivity index (χ3n) is 5.08. The number of benzene rings is 1. The van der Waals surface area contributed by atoms with Gasteiger partial charge in [0.25, 0.3) is 0 Å². The Kier molecular flexibility index (Phi) is 3.87. The molecule has 4 N–H and O–H groups in total. The maximum Gasteiger partial charge on any atom is 0.180 e. The van der Waals surface area contributed by atoms with Crippen LogP contribution >= 0.6 is 11.3 Å². The zero-order valence-corrected chi connectivity index (χ0v) is 16.2. The molecule has 8 heteroatoms. The Labute approximate surface area is 166 Å². The highest BCUT2D eigenvalue weighted by molar-refractivity contribution is 7.15. The predicted octanol–water partition coefficient (Wildman–Crippen LogP) is 3.18. The normalized spacial score (nSPS) is 13.7. The van der Waals surface area contributed by atoms with Gasteiger partial charge in [0.2, 0.25) is 0 Å². The highest BCUT2D eigenvalue weighted by Crippen LogP contribution is 2.34. The van der Waals surface area contributed by atoms with Crippen molar-refractivity contribution < 1.29 is 0 Å². The second-order valence-corrected chi connectivity index (χ2v) is 8.07. The summed E-state index contributed by atoms with van der Waals surface area (Å²) in [5.41, 5.74) is 16.9. The number of pyridine rings is 1. The topological polar surface area (TPSA) is 107 Å². The first-order valence-corrected chi connectivity index (χ1v) is 9.86. The summed E-state index contributed by atoms with van der Waals surface area (Å²) in [6.07, 6.45) is 4.31. The van der Waals surface area contributed by atoms with Crippen molar-refractivity contribution >= 4 is 39.0 Å². The van der Waals surface area contributed by atoms with E-state index in [1.165, 1.54) is 4.88 Å². The van der Waals surface area contributed by atoms with Crippen LogP contribution in [0, 0.1) is 6.92 Å². The van der Waals surface area contributed by atoms with Crippen LogP contribution in [0.4, 0.5) is 16.8 Å². The van der Waals surface area contributed by atoms with Crippen LogP contribution < -0.4 is 16.4 Å². The predicted molar refractivity (Wildman–Crippen MR) is 113 cm³/mol. The number of nitrogens with two attached hydrogens (primary N) is 2. The Hall–Kier alpha value is -3.26. The fourth-order valence-corrected chi connectivity index (χ4v) is 4.62. The van der Waals surface area contributed by atoms with Crippen LogP contribution in [0.15, 0.2) is 36.8 Å². The number of hydrogen-bond donors (Lipinski definition) is 2. The van der Waals surface area contributed by atoms with Crippen molar-refractivity contribution in [1.29, 1.82) is 0 Å². The third kappa shape index (κ3) is 2.82. The molecule has 1 aliphatic heterocycles. The molecule has 4 aromatic rings. The quantitative estimate of drug-likeness (QED) is 0.542. The summed E-state index contributed by atoms with van der Waals surface area (Å²) in [4.78, 5) is 21.3. The van der Waals surface area contributed by atoms with Crippen molar-refractivity contribution in [2.75, 3.05) is 22.9 Å². The van der Waals surface area contributed by atoms with Gasteiger partial charge in [-0.3, -0.25) is 0 Å². The first-order chi connectivity index (χ1) is 13.6. The molecule has 0 unspecified atom stereocenters. The number of aromatic nitrogens is 4. The van der Waals surface area contributed by atoms with Crippen LogP contribution in [-0.2, 0) is 13.0 Å². The molecular weight excluding hydrogens is 370 g/mol. The number of rotatable bonds is 2. The largest absolute Gasteiger partial charge is 0.384 e. The average molecular weight is 389 g/mol. The molecule has 0 radical (unpaired) electrons. The number of hydrogen-bond acceptors (Lipinski definition) is 8. The van der Waals surface area contributed by atoms with E-state index in [2.05, 4.69) is 43.9 Å². The maximum atomic E-state index is 5.90. The number of thiazole rings is 1. The van der Waals surface area contributed by atoms with Gasteiger partial charge in [-0.25, -0.2) is 19.9 Å². The Balaban J connectivity index is 1.62. The van der Waals surface area contributed by atoms with Crippen molar-refractivity contribution in [3.05, 3.63) is 52.9 Å².